The van der Waals surface area contributed by atoms with Gasteiger partial charge in [0, 0.05) is 26.6 Å². The largest absolute Gasteiger partial charge is 0.419 e. The van der Waals surface area contributed by atoms with Crippen LogP contribution in [0.4, 0.5) is 0 Å². The molecule has 0 spiro atoms. The topological polar surface area (TPSA) is 90.6 Å². The molecular weight excluding hydrogens is 212 g/mol. The normalized spacial score (nSPS) is 18.8. The Morgan fingerprint density at radius 1 is 1.31 bits per heavy atom. The monoisotopic (exact) mass is 228 g/mol. The standard InChI is InChI=1S/C10H16N2O4/c1-10(2)15-8(13)7(9(14)16-10)6-12-5-3-4-11/h6,12H,3-5,11H2,1-2H3. The molecule has 0 aliphatic carbocycles. The number of ether oxygens (including phenoxy) is 2. The van der Waals surface area contributed by atoms with Crippen LogP contribution in [0.25, 0.3) is 0 Å². The second kappa shape index (κ2) is 4.98. The third-order valence-corrected chi connectivity index (χ3v) is 1.89. The van der Waals surface area contributed by atoms with E-state index in [9.17, 15) is 9.59 Å². The van der Waals surface area contributed by atoms with Gasteiger partial charge in [0.25, 0.3) is 5.79 Å². The number of rotatable bonds is 4. The van der Waals surface area contributed by atoms with E-state index in [0.717, 1.165) is 6.42 Å². The minimum atomic E-state index is -1.19. The van der Waals surface area contributed by atoms with E-state index in [4.69, 9.17) is 15.2 Å². The molecule has 0 radical (unpaired) electrons. The van der Waals surface area contributed by atoms with Crippen molar-refractivity contribution >= 4 is 11.9 Å². The van der Waals surface area contributed by atoms with Crippen molar-refractivity contribution in [1.29, 1.82) is 0 Å². The highest BCUT2D eigenvalue weighted by Crippen LogP contribution is 2.21. The molecule has 0 aromatic rings. The zero-order valence-corrected chi connectivity index (χ0v) is 9.41. The molecule has 1 rings (SSSR count). The van der Waals surface area contributed by atoms with Gasteiger partial charge in [-0.25, -0.2) is 9.59 Å². The summed E-state index contributed by atoms with van der Waals surface area (Å²) in [5.41, 5.74) is 5.17. The second-order valence-electron chi connectivity index (χ2n) is 3.83. The Hall–Kier alpha value is -1.56. The maximum Gasteiger partial charge on any atom is 0.350 e. The van der Waals surface area contributed by atoms with Gasteiger partial charge in [0.05, 0.1) is 0 Å². The number of esters is 2. The molecule has 1 aliphatic heterocycles. The van der Waals surface area contributed by atoms with Crippen molar-refractivity contribution < 1.29 is 19.1 Å². The van der Waals surface area contributed by atoms with E-state index in [2.05, 4.69) is 5.32 Å². The zero-order valence-electron chi connectivity index (χ0n) is 9.41. The summed E-state index contributed by atoms with van der Waals surface area (Å²) in [5, 5.41) is 2.80. The van der Waals surface area contributed by atoms with Crippen LogP contribution in [0.5, 0.6) is 0 Å². The van der Waals surface area contributed by atoms with Gasteiger partial charge in [-0.1, -0.05) is 0 Å². The van der Waals surface area contributed by atoms with Crippen LogP contribution in [0.15, 0.2) is 11.8 Å². The van der Waals surface area contributed by atoms with Crippen molar-refractivity contribution in [2.24, 2.45) is 5.73 Å². The van der Waals surface area contributed by atoms with Crippen molar-refractivity contribution in [3.05, 3.63) is 11.8 Å². The summed E-state index contributed by atoms with van der Waals surface area (Å²) < 4.78 is 9.80. The summed E-state index contributed by atoms with van der Waals surface area (Å²) in [6.07, 6.45) is 2.05. The lowest BCUT2D eigenvalue weighted by molar-refractivity contribution is -0.222. The number of hydrogen-bond acceptors (Lipinski definition) is 6. The van der Waals surface area contributed by atoms with Crippen molar-refractivity contribution in [3.63, 3.8) is 0 Å². The first-order valence-corrected chi connectivity index (χ1v) is 5.06. The van der Waals surface area contributed by atoms with Gasteiger partial charge in [0.15, 0.2) is 5.57 Å². The Morgan fingerprint density at radius 2 is 1.88 bits per heavy atom. The lowest BCUT2D eigenvalue weighted by Gasteiger charge is -2.29. The minimum Gasteiger partial charge on any atom is -0.419 e. The van der Waals surface area contributed by atoms with Crippen molar-refractivity contribution in [2.45, 2.75) is 26.1 Å². The van der Waals surface area contributed by atoms with Gasteiger partial charge in [0.2, 0.25) is 0 Å². The van der Waals surface area contributed by atoms with Crippen LogP contribution in [-0.4, -0.2) is 30.8 Å². The van der Waals surface area contributed by atoms with Crippen molar-refractivity contribution in [1.82, 2.24) is 5.32 Å². The van der Waals surface area contributed by atoms with E-state index < -0.39 is 17.7 Å². The SMILES string of the molecule is CC1(C)OC(=O)C(=CNCCCN)C(=O)O1. The summed E-state index contributed by atoms with van der Waals surface area (Å²) in [6, 6.07) is 0. The quantitative estimate of drug-likeness (QED) is 0.296. The molecule has 1 heterocycles. The number of nitrogens with two attached hydrogens (primary N) is 1. The molecule has 16 heavy (non-hydrogen) atoms. The fourth-order valence-corrected chi connectivity index (χ4v) is 1.16. The molecule has 0 bridgehead atoms. The van der Waals surface area contributed by atoms with Gasteiger partial charge >= 0.3 is 11.9 Å². The predicted molar refractivity (Wildman–Crippen MR) is 56.0 cm³/mol. The fraction of sp³-hybridized carbons (Fsp3) is 0.600. The summed E-state index contributed by atoms with van der Waals surface area (Å²) in [5.74, 6) is -2.55. The highest BCUT2D eigenvalue weighted by Gasteiger charge is 2.38. The summed E-state index contributed by atoms with van der Waals surface area (Å²) >= 11 is 0. The average molecular weight is 228 g/mol. The molecule has 0 unspecified atom stereocenters. The van der Waals surface area contributed by atoms with Gasteiger partial charge in [-0.2, -0.15) is 0 Å². The molecule has 6 heteroatoms. The minimum absolute atomic E-state index is 0.128. The lowest BCUT2D eigenvalue weighted by Crippen LogP contribution is -2.42. The summed E-state index contributed by atoms with van der Waals surface area (Å²) in [6.45, 7) is 4.13. The molecule has 1 fully saturated rings. The predicted octanol–water partition coefficient (Wildman–Crippen LogP) is -0.355. The number of cyclic esters (lactones) is 2. The van der Waals surface area contributed by atoms with Crippen LogP contribution < -0.4 is 11.1 Å². The maximum absolute atomic E-state index is 11.4. The van der Waals surface area contributed by atoms with Crippen LogP contribution in [-0.2, 0) is 19.1 Å². The van der Waals surface area contributed by atoms with Crippen LogP contribution in [0.3, 0.4) is 0 Å². The molecule has 0 saturated carbocycles. The molecule has 90 valence electrons. The first kappa shape index (κ1) is 12.5. The van der Waals surface area contributed by atoms with Gasteiger partial charge in [-0.15, -0.1) is 0 Å². The smallest absolute Gasteiger partial charge is 0.350 e. The van der Waals surface area contributed by atoms with E-state index in [1.54, 1.807) is 0 Å². The molecule has 3 N–H and O–H groups in total. The van der Waals surface area contributed by atoms with Crippen LogP contribution >= 0.6 is 0 Å². The first-order valence-electron chi connectivity index (χ1n) is 5.06. The van der Waals surface area contributed by atoms with Crippen molar-refractivity contribution in [2.75, 3.05) is 13.1 Å². The lowest BCUT2D eigenvalue weighted by atomic mass is 10.2. The Balaban J connectivity index is 2.60. The molecule has 6 nitrogen and oxygen atoms in total. The van der Waals surface area contributed by atoms with Gasteiger partial charge in [0.1, 0.15) is 0 Å². The van der Waals surface area contributed by atoms with Gasteiger partial charge in [-0.05, 0) is 13.0 Å². The third-order valence-electron chi connectivity index (χ3n) is 1.89. The Kier molecular flexibility index (Phi) is 3.89. The maximum atomic E-state index is 11.4. The zero-order chi connectivity index (χ0) is 12.2. The molecule has 0 atom stereocenters. The second-order valence-corrected chi connectivity index (χ2v) is 3.83. The Labute approximate surface area is 93.8 Å². The van der Waals surface area contributed by atoms with Crippen LogP contribution in [0, 0.1) is 0 Å². The molecule has 0 aromatic heterocycles. The van der Waals surface area contributed by atoms with Crippen LogP contribution in [0.2, 0.25) is 0 Å². The third kappa shape index (κ3) is 3.23. The molecule has 1 aliphatic rings. The van der Waals surface area contributed by atoms with Crippen molar-refractivity contribution in [3.8, 4) is 0 Å². The van der Waals surface area contributed by atoms with E-state index in [0.29, 0.717) is 13.1 Å². The first-order chi connectivity index (χ1) is 7.46. The Bertz CT molecular complexity index is 301. The average Bonchev–Trinajstić information content (AvgIpc) is 2.13. The summed E-state index contributed by atoms with van der Waals surface area (Å²) in [4.78, 5) is 22.9. The van der Waals surface area contributed by atoms with E-state index in [1.165, 1.54) is 20.0 Å². The van der Waals surface area contributed by atoms with E-state index in [-0.39, 0.29) is 5.57 Å². The Morgan fingerprint density at radius 3 is 2.38 bits per heavy atom. The van der Waals surface area contributed by atoms with E-state index in [1.807, 2.05) is 0 Å². The molecular formula is C10H16N2O4. The highest BCUT2D eigenvalue weighted by atomic mass is 16.7. The number of hydrogen-bond donors (Lipinski definition) is 2. The molecule has 0 aromatic carbocycles. The summed E-state index contributed by atoms with van der Waals surface area (Å²) in [7, 11) is 0. The highest BCUT2D eigenvalue weighted by molar-refractivity contribution is 6.15. The number of nitrogens with one attached hydrogen (secondary N) is 1. The van der Waals surface area contributed by atoms with E-state index >= 15 is 0 Å². The number of carbonyl (C=O) groups excluding carboxylic acids is 2. The fourth-order valence-electron chi connectivity index (χ4n) is 1.16. The van der Waals surface area contributed by atoms with Gasteiger partial charge in [-0.3, -0.25) is 0 Å². The molecule has 0 amide bonds. The molecule has 1 saturated heterocycles. The van der Waals surface area contributed by atoms with Crippen LogP contribution in [0.1, 0.15) is 20.3 Å². The number of carbonyl (C=O) groups is 2. The van der Waals surface area contributed by atoms with Gasteiger partial charge < -0.3 is 20.5 Å².